The third kappa shape index (κ3) is 3.27. The molecule has 2 rings (SSSR count). The molecule has 4 atom stereocenters. The van der Waals surface area contributed by atoms with Crippen LogP contribution in [-0.4, -0.2) is 29.2 Å². The predicted molar refractivity (Wildman–Crippen MR) is 82.4 cm³/mol. The number of carbonyl (C=O) groups is 2. The van der Waals surface area contributed by atoms with Gasteiger partial charge in [-0.05, 0) is 38.0 Å². The zero-order valence-corrected chi connectivity index (χ0v) is 13.7. The summed E-state index contributed by atoms with van der Waals surface area (Å²) in [4.78, 5) is 23.7. The quantitative estimate of drug-likeness (QED) is 0.873. The Morgan fingerprint density at radius 2 is 1.90 bits per heavy atom. The first-order valence-corrected chi connectivity index (χ1v) is 7.59. The molecule has 114 valence electrons. The summed E-state index contributed by atoms with van der Waals surface area (Å²) in [5, 5.41) is 11.9. The summed E-state index contributed by atoms with van der Waals surface area (Å²) in [6.07, 6.45) is -0.173. The number of amides is 1. The van der Waals surface area contributed by atoms with E-state index in [0.717, 1.165) is 0 Å². The van der Waals surface area contributed by atoms with Crippen molar-refractivity contribution in [2.75, 3.05) is 5.32 Å². The molecule has 21 heavy (non-hydrogen) atoms. The molecule has 0 aliphatic carbocycles. The number of rotatable bonds is 3. The molecule has 4 unspecified atom stereocenters. The third-order valence-corrected chi connectivity index (χ3v) is 4.51. The van der Waals surface area contributed by atoms with Crippen LogP contribution in [0.4, 0.5) is 5.69 Å². The van der Waals surface area contributed by atoms with Gasteiger partial charge in [0.1, 0.15) is 0 Å². The zero-order valence-electron chi connectivity index (χ0n) is 12.1. The zero-order chi connectivity index (χ0) is 15.7. The second kappa shape index (κ2) is 6.15. The van der Waals surface area contributed by atoms with Crippen LogP contribution in [-0.2, 0) is 9.53 Å². The molecule has 1 aliphatic heterocycles. The molecular weight excluding hydrogens is 338 g/mol. The Balaban J connectivity index is 2.24. The first kappa shape index (κ1) is 16.0. The minimum Gasteiger partial charge on any atom is -0.478 e. The molecule has 1 fully saturated rings. The van der Waals surface area contributed by atoms with Crippen LogP contribution in [0.25, 0.3) is 0 Å². The van der Waals surface area contributed by atoms with E-state index in [2.05, 4.69) is 21.2 Å². The maximum Gasteiger partial charge on any atom is 0.337 e. The number of hydrogen-bond donors (Lipinski definition) is 2. The highest BCUT2D eigenvalue weighted by atomic mass is 79.9. The molecule has 1 aromatic carbocycles. The Morgan fingerprint density at radius 1 is 1.24 bits per heavy atom. The fraction of sp³-hybridized carbons (Fsp3) is 0.467. The summed E-state index contributed by atoms with van der Waals surface area (Å²) in [5.41, 5.74) is 0.361. The SMILES string of the molecule is CC1OC(C)C(C(=O)Nc2cc(Br)ccc2C(=O)O)C1C. The Bertz CT molecular complexity index is 575. The highest BCUT2D eigenvalue weighted by molar-refractivity contribution is 9.10. The van der Waals surface area contributed by atoms with Crippen LogP contribution in [0, 0.1) is 11.8 Å². The van der Waals surface area contributed by atoms with E-state index in [1.165, 1.54) is 6.07 Å². The molecule has 5 nitrogen and oxygen atoms in total. The van der Waals surface area contributed by atoms with Gasteiger partial charge in [0, 0.05) is 4.47 Å². The van der Waals surface area contributed by atoms with E-state index in [9.17, 15) is 14.7 Å². The normalized spacial score (nSPS) is 28.4. The molecule has 2 N–H and O–H groups in total. The molecule has 0 spiro atoms. The smallest absolute Gasteiger partial charge is 0.337 e. The summed E-state index contributed by atoms with van der Waals surface area (Å²) >= 11 is 3.28. The number of hydrogen-bond acceptors (Lipinski definition) is 3. The Labute approximate surface area is 131 Å². The second-order valence-corrected chi connectivity index (χ2v) is 6.33. The number of benzene rings is 1. The van der Waals surface area contributed by atoms with Crippen LogP contribution < -0.4 is 5.32 Å². The highest BCUT2D eigenvalue weighted by Gasteiger charge is 2.41. The molecule has 1 amide bonds. The van der Waals surface area contributed by atoms with Gasteiger partial charge in [-0.1, -0.05) is 22.9 Å². The summed E-state index contributed by atoms with van der Waals surface area (Å²) < 4.78 is 6.37. The third-order valence-electron chi connectivity index (χ3n) is 4.01. The maximum absolute atomic E-state index is 12.5. The van der Waals surface area contributed by atoms with Crippen molar-refractivity contribution in [2.45, 2.75) is 33.0 Å². The summed E-state index contributed by atoms with van der Waals surface area (Å²) in [7, 11) is 0. The van der Waals surface area contributed by atoms with Gasteiger partial charge < -0.3 is 15.2 Å². The molecule has 1 aromatic rings. The molecule has 6 heteroatoms. The molecule has 0 saturated carbocycles. The summed E-state index contributed by atoms with van der Waals surface area (Å²) in [5.74, 6) is -1.49. The molecule has 0 bridgehead atoms. The van der Waals surface area contributed by atoms with E-state index in [0.29, 0.717) is 10.2 Å². The van der Waals surface area contributed by atoms with Crippen molar-refractivity contribution in [3.8, 4) is 0 Å². The average molecular weight is 356 g/mol. The molecule has 0 radical (unpaired) electrons. The minimum atomic E-state index is -1.07. The van der Waals surface area contributed by atoms with Gasteiger partial charge >= 0.3 is 5.97 Å². The van der Waals surface area contributed by atoms with E-state index in [-0.39, 0.29) is 35.5 Å². The molecule has 1 saturated heterocycles. The molecular formula is C15H18BrNO4. The van der Waals surface area contributed by atoms with Crippen molar-refractivity contribution in [1.82, 2.24) is 0 Å². The predicted octanol–water partition coefficient (Wildman–Crippen LogP) is 3.15. The number of aromatic carboxylic acids is 1. The fourth-order valence-corrected chi connectivity index (χ4v) is 3.10. The maximum atomic E-state index is 12.5. The number of carboxylic acid groups (broad SMARTS) is 1. The van der Waals surface area contributed by atoms with Gasteiger partial charge in [-0.25, -0.2) is 4.79 Å². The van der Waals surface area contributed by atoms with E-state index < -0.39 is 5.97 Å². The largest absolute Gasteiger partial charge is 0.478 e. The van der Waals surface area contributed by atoms with Crippen molar-refractivity contribution in [3.63, 3.8) is 0 Å². The van der Waals surface area contributed by atoms with Crippen LogP contribution >= 0.6 is 15.9 Å². The van der Waals surface area contributed by atoms with E-state index in [4.69, 9.17) is 4.74 Å². The topological polar surface area (TPSA) is 75.6 Å². The Morgan fingerprint density at radius 3 is 2.43 bits per heavy atom. The average Bonchev–Trinajstić information content (AvgIpc) is 2.62. The number of carboxylic acids is 1. The van der Waals surface area contributed by atoms with Crippen LogP contribution in [0.15, 0.2) is 22.7 Å². The number of anilines is 1. The number of ether oxygens (including phenoxy) is 1. The van der Waals surface area contributed by atoms with Crippen molar-refractivity contribution in [2.24, 2.45) is 11.8 Å². The lowest BCUT2D eigenvalue weighted by Gasteiger charge is -2.18. The fourth-order valence-electron chi connectivity index (χ4n) is 2.74. The van der Waals surface area contributed by atoms with Gasteiger partial charge in [-0.15, -0.1) is 0 Å². The van der Waals surface area contributed by atoms with Crippen molar-refractivity contribution in [3.05, 3.63) is 28.2 Å². The van der Waals surface area contributed by atoms with E-state index in [1.807, 2.05) is 20.8 Å². The monoisotopic (exact) mass is 355 g/mol. The van der Waals surface area contributed by atoms with Gasteiger partial charge in [0.25, 0.3) is 0 Å². The number of nitrogens with one attached hydrogen (secondary N) is 1. The van der Waals surface area contributed by atoms with E-state index >= 15 is 0 Å². The van der Waals surface area contributed by atoms with Gasteiger partial charge in [-0.3, -0.25) is 4.79 Å². The summed E-state index contributed by atoms with van der Waals surface area (Å²) in [6.45, 7) is 5.77. The Kier molecular flexibility index (Phi) is 4.68. The standard InChI is InChI=1S/C15H18BrNO4/c1-7-8(2)21-9(3)13(7)14(18)17-12-6-10(16)4-5-11(12)15(19)20/h4-9,13H,1-3H3,(H,17,18)(H,19,20). The van der Waals surface area contributed by atoms with Gasteiger partial charge in [0.05, 0.1) is 29.4 Å². The lowest BCUT2D eigenvalue weighted by molar-refractivity contribution is -0.121. The van der Waals surface area contributed by atoms with Crippen LogP contribution in [0.2, 0.25) is 0 Å². The minimum absolute atomic E-state index is 0.0113. The lowest BCUT2D eigenvalue weighted by atomic mass is 9.88. The molecule has 0 aromatic heterocycles. The molecule has 1 heterocycles. The first-order chi connectivity index (χ1) is 9.81. The molecule has 1 aliphatic rings. The van der Waals surface area contributed by atoms with Crippen LogP contribution in [0.3, 0.4) is 0 Å². The lowest BCUT2D eigenvalue weighted by Crippen LogP contribution is -2.32. The van der Waals surface area contributed by atoms with Gasteiger partial charge in [0.15, 0.2) is 0 Å². The van der Waals surface area contributed by atoms with Crippen LogP contribution in [0.1, 0.15) is 31.1 Å². The second-order valence-electron chi connectivity index (χ2n) is 5.42. The van der Waals surface area contributed by atoms with Crippen molar-refractivity contribution >= 4 is 33.5 Å². The highest BCUT2D eigenvalue weighted by Crippen LogP contribution is 2.33. The Hall–Kier alpha value is -1.40. The van der Waals surface area contributed by atoms with Crippen LogP contribution in [0.5, 0.6) is 0 Å². The number of carbonyl (C=O) groups excluding carboxylic acids is 1. The van der Waals surface area contributed by atoms with E-state index in [1.54, 1.807) is 12.1 Å². The van der Waals surface area contributed by atoms with Crippen molar-refractivity contribution in [1.29, 1.82) is 0 Å². The summed E-state index contributed by atoms with van der Waals surface area (Å²) in [6, 6.07) is 4.68. The van der Waals surface area contributed by atoms with Crippen molar-refractivity contribution < 1.29 is 19.4 Å². The first-order valence-electron chi connectivity index (χ1n) is 6.80. The van der Waals surface area contributed by atoms with Gasteiger partial charge in [-0.2, -0.15) is 0 Å². The number of halogens is 1. The van der Waals surface area contributed by atoms with Gasteiger partial charge in [0.2, 0.25) is 5.91 Å².